The van der Waals surface area contributed by atoms with Crippen molar-refractivity contribution in [2.24, 2.45) is 5.41 Å². The summed E-state index contributed by atoms with van der Waals surface area (Å²) in [5.41, 5.74) is -1.76. The van der Waals surface area contributed by atoms with Crippen LogP contribution in [0.15, 0.2) is 18.2 Å². The summed E-state index contributed by atoms with van der Waals surface area (Å²) in [4.78, 5) is 13.1. The minimum atomic E-state index is -4.61. The van der Waals surface area contributed by atoms with Gasteiger partial charge in [-0.25, -0.2) is 4.31 Å². The minimum absolute atomic E-state index is 0.143. The Labute approximate surface area is 192 Å². The Hall–Kier alpha value is -2.10. The lowest BCUT2D eigenvalue weighted by Crippen LogP contribution is -2.56. The number of anilines is 1. The fourth-order valence-corrected chi connectivity index (χ4v) is 5.55. The summed E-state index contributed by atoms with van der Waals surface area (Å²) in [6.07, 6.45) is -1.42. The molecule has 4 fully saturated rings. The fourth-order valence-electron chi connectivity index (χ4n) is 4.67. The number of rotatable bonds is 7. The van der Waals surface area contributed by atoms with Crippen molar-refractivity contribution < 1.29 is 31.5 Å². The number of ether oxygens (including phenoxy) is 1. The summed E-state index contributed by atoms with van der Waals surface area (Å²) in [5, 5.41) is 12.4. The first kappa shape index (κ1) is 24.0. The van der Waals surface area contributed by atoms with Crippen LogP contribution in [0.4, 0.5) is 27.6 Å². The molecule has 4 aliphatic rings. The van der Waals surface area contributed by atoms with E-state index in [2.05, 4.69) is 20.8 Å². The van der Waals surface area contributed by atoms with Crippen LogP contribution < -0.4 is 10.0 Å². The van der Waals surface area contributed by atoms with Gasteiger partial charge in [0.25, 0.3) is 5.91 Å². The van der Waals surface area contributed by atoms with Crippen molar-refractivity contribution in [3.63, 3.8) is 0 Å². The van der Waals surface area contributed by atoms with Crippen LogP contribution in [-0.2, 0) is 10.9 Å². The van der Waals surface area contributed by atoms with Crippen LogP contribution in [0.3, 0.4) is 0 Å². The molecule has 0 radical (unpaired) electrons. The van der Waals surface area contributed by atoms with Crippen LogP contribution in [0.1, 0.15) is 54.4 Å². The van der Waals surface area contributed by atoms with E-state index in [0.717, 1.165) is 24.3 Å². The third-order valence-electron chi connectivity index (χ3n) is 6.85. The van der Waals surface area contributed by atoms with Crippen LogP contribution in [-0.4, -0.2) is 41.6 Å². The van der Waals surface area contributed by atoms with Crippen molar-refractivity contribution in [1.82, 2.24) is 9.62 Å². The van der Waals surface area contributed by atoms with E-state index in [-0.39, 0.29) is 29.8 Å². The molecule has 5 rings (SSSR count). The van der Waals surface area contributed by atoms with E-state index < -0.39 is 35.9 Å². The predicted molar refractivity (Wildman–Crippen MR) is 111 cm³/mol. The summed E-state index contributed by atoms with van der Waals surface area (Å²) in [6, 6.07) is 5.29. The van der Waals surface area contributed by atoms with E-state index in [1.165, 1.54) is 6.07 Å². The largest absolute Gasteiger partial charge is 0.416 e. The second kappa shape index (κ2) is 8.92. The zero-order valence-electron chi connectivity index (χ0n) is 17.6. The number of hydrogen-bond donors (Lipinski definition) is 2. The number of alkyl halides is 5. The van der Waals surface area contributed by atoms with Crippen molar-refractivity contribution in [3.05, 3.63) is 29.3 Å². The Morgan fingerprint density at radius 1 is 1.18 bits per heavy atom. The molecule has 0 aromatic heterocycles. The standard InChI is InChI=1S/C21H23F5N4O2S/c22-18(23)32-14-10-30(11-14)33-29-16-2-1-13(21(24,25)26)9-15(16)17(31)28-20-6-3-19(12-27,4-7-20)5-8-20/h1-2,9,14,18,29H,3-8,10-11H2,(H,28,31). The van der Waals surface area contributed by atoms with Crippen LogP contribution in [0, 0.1) is 16.7 Å². The molecular weight excluding hydrogens is 467 g/mol. The summed E-state index contributed by atoms with van der Waals surface area (Å²) >= 11 is 1.01. The molecule has 3 saturated carbocycles. The average molecular weight is 490 g/mol. The second-order valence-electron chi connectivity index (χ2n) is 8.94. The number of hydrogen-bond acceptors (Lipinski definition) is 6. The number of carbonyl (C=O) groups excluding carboxylic acids is 1. The molecule has 1 saturated heterocycles. The number of nitrogens with one attached hydrogen (secondary N) is 2. The van der Waals surface area contributed by atoms with Gasteiger partial charge in [0.1, 0.15) is 0 Å². The van der Waals surface area contributed by atoms with Crippen molar-refractivity contribution in [2.45, 2.75) is 63.0 Å². The van der Waals surface area contributed by atoms with Crippen LogP contribution in [0.2, 0.25) is 0 Å². The van der Waals surface area contributed by atoms with E-state index in [4.69, 9.17) is 0 Å². The van der Waals surface area contributed by atoms with Gasteiger partial charge >= 0.3 is 12.8 Å². The SMILES string of the molecule is N#CC12CCC(NC(=O)c3cc(C(F)(F)F)ccc3NSN3CC(OC(F)F)C3)(CC1)CC2. The van der Waals surface area contributed by atoms with Crippen LogP contribution in [0.25, 0.3) is 0 Å². The summed E-state index contributed by atoms with van der Waals surface area (Å²) < 4.78 is 73.3. The molecule has 2 N–H and O–H groups in total. The first-order chi connectivity index (χ1) is 15.5. The fraction of sp³-hybridized carbons (Fsp3) is 0.619. The Morgan fingerprint density at radius 3 is 2.36 bits per heavy atom. The number of nitriles is 1. The highest BCUT2D eigenvalue weighted by molar-refractivity contribution is 7.98. The molecule has 180 valence electrons. The molecule has 33 heavy (non-hydrogen) atoms. The van der Waals surface area contributed by atoms with Gasteiger partial charge < -0.3 is 14.8 Å². The van der Waals surface area contributed by atoms with Crippen molar-refractivity contribution in [3.8, 4) is 6.07 Å². The third-order valence-corrected chi connectivity index (χ3v) is 7.72. The summed E-state index contributed by atoms with van der Waals surface area (Å²) in [7, 11) is 0. The lowest BCUT2D eigenvalue weighted by molar-refractivity contribution is -0.184. The molecule has 0 atom stereocenters. The van der Waals surface area contributed by atoms with Crippen molar-refractivity contribution in [2.75, 3.05) is 17.8 Å². The first-order valence-electron chi connectivity index (χ1n) is 10.6. The molecule has 2 bridgehead atoms. The molecule has 0 spiro atoms. The van der Waals surface area contributed by atoms with Gasteiger partial charge in [-0.1, -0.05) is 0 Å². The van der Waals surface area contributed by atoms with E-state index in [0.29, 0.717) is 38.5 Å². The molecule has 6 nitrogen and oxygen atoms in total. The molecule has 1 amide bonds. The summed E-state index contributed by atoms with van der Waals surface area (Å²) in [5.74, 6) is -0.613. The number of benzene rings is 1. The smallest absolute Gasteiger partial charge is 0.347 e. The molecule has 1 aliphatic heterocycles. The number of carbonyl (C=O) groups is 1. The number of fused-ring (bicyclic) bond motifs is 3. The normalized spacial score (nSPS) is 27.8. The Morgan fingerprint density at radius 2 is 1.82 bits per heavy atom. The van der Waals surface area contributed by atoms with Crippen molar-refractivity contribution >= 4 is 23.7 Å². The van der Waals surface area contributed by atoms with Crippen LogP contribution >= 0.6 is 12.1 Å². The highest BCUT2D eigenvalue weighted by Gasteiger charge is 2.49. The van der Waals surface area contributed by atoms with Gasteiger partial charge in [-0.05, 0) is 56.7 Å². The summed E-state index contributed by atoms with van der Waals surface area (Å²) in [6.45, 7) is -2.43. The molecule has 3 aliphatic carbocycles. The van der Waals surface area contributed by atoms with E-state index in [1.54, 1.807) is 4.31 Å². The molecular formula is C21H23F5N4O2S. The Kier molecular flexibility index (Phi) is 6.50. The van der Waals surface area contributed by atoms with Gasteiger partial charge in [-0.2, -0.15) is 27.2 Å². The Bertz CT molecular complexity index is 921. The Balaban J connectivity index is 1.46. The van der Waals surface area contributed by atoms with Gasteiger partial charge in [0.05, 0.1) is 34.4 Å². The van der Waals surface area contributed by atoms with Crippen LogP contribution in [0.5, 0.6) is 0 Å². The lowest BCUT2D eigenvalue weighted by Gasteiger charge is -2.50. The molecule has 0 unspecified atom stereocenters. The number of halogens is 5. The highest BCUT2D eigenvalue weighted by Crippen LogP contribution is 2.52. The molecule has 1 aromatic rings. The maximum Gasteiger partial charge on any atom is 0.416 e. The maximum absolute atomic E-state index is 13.3. The minimum Gasteiger partial charge on any atom is -0.347 e. The third kappa shape index (κ3) is 5.20. The van der Waals surface area contributed by atoms with Gasteiger partial charge in [-0.3, -0.25) is 4.79 Å². The topological polar surface area (TPSA) is 77.4 Å². The number of amides is 1. The zero-order valence-corrected chi connectivity index (χ0v) is 18.4. The molecule has 1 heterocycles. The zero-order chi connectivity index (χ0) is 23.9. The quantitative estimate of drug-likeness (QED) is 0.416. The maximum atomic E-state index is 13.3. The van der Waals surface area contributed by atoms with E-state index in [9.17, 15) is 32.0 Å². The average Bonchev–Trinajstić information content (AvgIpc) is 2.75. The molecule has 12 heteroatoms. The van der Waals surface area contributed by atoms with E-state index in [1.807, 2.05) is 0 Å². The second-order valence-corrected chi connectivity index (χ2v) is 9.85. The van der Waals surface area contributed by atoms with E-state index >= 15 is 0 Å². The molecule has 1 aromatic carbocycles. The monoisotopic (exact) mass is 490 g/mol. The van der Waals surface area contributed by atoms with Gasteiger partial charge in [0, 0.05) is 30.8 Å². The highest BCUT2D eigenvalue weighted by atomic mass is 32.2. The number of nitrogens with zero attached hydrogens (tertiary/aromatic N) is 2. The van der Waals surface area contributed by atoms with Gasteiger partial charge in [0.15, 0.2) is 0 Å². The van der Waals surface area contributed by atoms with Crippen molar-refractivity contribution in [1.29, 1.82) is 5.26 Å². The lowest BCUT2D eigenvalue weighted by atomic mass is 9.58. The van der Waals surface area contributed by atoms with Gasteiger partial charge in [-0.15, -0.1) is 0 Å². The predicted octanol–water partition coefficient (Wildman–Crippen LogP) is 4.95. The first-order valence-corrected chi connectivity index (χ1v) is 11.4. The van der Waals surface area contributed by atoms with Gasteiger partial charge in [0.2, 0.25) is 0 Å².